The number of hydrogen-bond donors (Lipinski definition) is 1. The van der Waals surface area contributed by atoms with Gasteiger partial charge in [-0.1, -0.05) is 43.2 Å². The lowest BCUT2D eigenvalue weighted by atomic mass is 10.1. The Labute approximate surface area is 127 Å². The van der Waals surface area contributed by atoms with E-state index in [2.05, 4.69) is 0 Å². The highest BCUT2D eigenvalue weighted by atomic mass is 32.2. The summed E-state index contributed by atoms with van der Waals surface area (Å²) in [5.41, 5.74) is 0.817. The zero-order valence-corrected chi connectivity index (χ0v) is 13.4. The third-order valence-electron chi connectivity index (χ3n) is 3.99. The number of rotatable bonds is 5. The Morgan fingerprint density at radius 3 is 2.62 bits per heavy atom. The molecule has 1 aliphatic heterocycles. The van der Waals surface area contributed by atoms with Crippen LogP contribution in [0.1, 0.15) is 44.6 Å². The van der Waals surface area contributed by atoms with E-state index in [-0.39, 0.29) is 11.8 Å². The number of sulfonamides is 1. The molecule has 2 atom stereocenters. The highest BCUT2D eigenvalue weighted by molar-refractivity contribution is 7.88. The maximum absolute atomic E-state index is 12.7. The predicted octanol–water partition coefficient (Wildman–Crippen LogP) is 2.53. The zero-order valence-electron chi connectivity index (χ0n) is 12.6. The Morgan fingerprint density at radius 1 is 1.24 bits per heavy atom. The number of aliphatic hydroxyl groups excluding tert-OH is 1. The second-order valence-electron chi connectivity index (χ2n) is 5.94. The van der Waals surface area contributed by atoms with Gasteiger partial charge in [0.15, 0.2) is 0 Å². The van der Waals surface area contributed by atoms with Crippen molar-refractivity contribution in [1.29, 1.82) is 0 Å². The molecule has 1 fully saturated rings. The van der Waals surface area contributed by atoms with E-state index in [9.17, 15) is 13.5 Å². The van der Waals surface area contributed by atoms with Crippen LogP contribution < -0.4 is 0 Å². The first-order chi connectivity index (χ1) is 9.99. The molecule has 0 spiro atoms. The van der Waals surface area contributed by atoms with E-state index in [1.54, 1.807) is 11.2 Å². The van der Waals surface area contributed by atoms with Gasteiger partial charge in [-0.2, -0.15) is 4.31 Å². The van der Waals surface area contributed by atoms with Crippen molar-refractivity contribution in [2.75, 3.05) is 6.54 Å². The molecule has 0 radical (unpaired) electrons. The van der Waals surface area contributed by atoms with Gasteiger partial charge in [0, 0.05) is 12.6 Å². The van der Waals surface area contributed by atoms with Crippen molar-refractivity contribution in [3.8, 4) is 0 Å². The first-order valence-electron chi connectivity index (χ1n) is 7.70. The molecule has 1 saturated heterocycles. The van der Waals surface area contributed by atoms with Crippen LogP contribution in [0.15, 0.2) is 30.3 Å². The van der Waals surface area contributed by atoms with Crippen LogP contribution in [0.5, 0.6) is 0 Å². The molecule has 0 aromatic heterocycles. The van der Waals surface area contributed by atoms with Gasteiger partial charge < -0.3 is 5.11 Å². The quantitative estimate of drug-likeness (QED) is 0.909. The van der Waals surface area contributed by atoms with Gasteiger partial charge in [-0.25, -0.2) is 8.42 Å². The van der Waals surface area contributed by atoms with E-state index in [0.29, 0.717) is 13.0 Å². The van der Waals surface area contributed by atoms with Crippen LogP contribution >= 0.6 is 0 Å². The van der Waals surface area contributed by atoms with Gasteiger partial charge in [0.1, 0.15) is 0 Å². The Hall–Kier alpha value is -0.910. The smallest absolute Gasteiger partial charge is 0.218 e. The van der Waals surface area contributed by atoms with Gasteiger partial charge in [-0.05, 0) is 31.7 Å². The molecule has 1 aromatic rings. The summed E-state index contributed by atoms with van der Waals surface area (Å²) in [5, 5.41) is 9.65. The number of benzene rings is 1. The van der Waals surface area contributed by atoms with E-state index in [4.69, 9.17) is 0 Å². The molecule has 0 aliphatic carbocycles. The van der Waals surface area contributed by atoms with Crippen LogP contribution in [0.3, 0.4) is 0 Å². The lowest BCUT2D eigenvalue weighted by Gasteiger charge is -2.30. The summed E-state index contributed by atoms with van der Waals surface area (Å²) in [7, 11) is -3.33. The highest BCUT2D eigenvalue weighted by Crippen LogP contribution is 2.25. The van der Waals surface area contributed by atoms with Crippen molar-refractivity contribution in [3.05, 3.63) is 35.9 Å². The Kier molecular flexibility index (Phi) is 5.79. The van der Waals surface area contributed by atoms with E-state index < -0.39 is 16.1 Å². The summed E-state index contributed by atoms with van der Waals surface area (Å²) in [6.07, 6.45) is 3.90. The first-order valence-corrected chi connectivity index (χ1v) is 9.31. The van der Waals surface area contributed by atoms with Crippen molar-refractivity contribution in [2.24, 2.45) is 0 Å². The Morgan fingerprint density at radius 2 is 1.95 bits per heavy atom. The van der Waals surface area contributed by atoms with E-state index >= 15 is 0 Å². The van der Waals surface area contributed by atoms with Crippen LogP contribution in [0.2, 0.25) is 0 Å². The van der Waals surface area contributed by atoms with Crippen LogP contribution in [-0.4, -0.2) is 36.5 Å². The normalized spacial score (nSPS) is 22.7. The summed E-state index contributed by atoms with van der Waals surface area (Å²) in [5.74, 6) is 0.0458. The standard InChI is InChI=1S/C16H25NO3S/c1-14(18)12-16-10-6-3-7-11-17(16)21(19,20)13-15-8-4-2-5-9-15/h2,4-5,8-9,14,16,18H,3,6-7,10-13H2,1H3. The summed E-state index contributed by atoms with van der Waals surface area (Å²) >= 11 is 0. The summed E-state index contributed by atoms with van der Waals surface area (Å²) in [6.45, 7) is 2.30. The number of aliphatic hydroxyl groups is 1. The predicted molar refractivity (Wildman–Crippen MR) is 84.3 cm³/mol. The van der Waals surface area contributed by atoms with E-state index in [1.165, 1.54) is 0 Å². The largest absolute Gasteiger partial charge is 0.393 e. The van der Waals surface area contributed by atoms with Gasteiger partial charge in [0.05, 0.1) is 11.9 Å². The van der Waals surface area contributed by atoms with Gasteiger partial charge in [0.2, 0.25) is 10.0 Å². The molecule has 0 saturated carbocycles. The maximum atomic E-state index is 12.7. The zero-order chi connectivity index (χ0) is 15.3. The van der Waals surface area contributed by atoms with Crippen LogP contribution in [0, 0.1) is 0 Å². The van der Waals surface area contributed by atoms with E-state index in [0.717, 1.165) is 31.2 Å². The molecule has 5 heteroatoms. The second kappa shape index (κ2) is 7.38. The average Bonchev–Trinajstić information content (AvgIpc) is 2.64. The van der Waals surface area contributed by atoms with Crippen molar-refractivity contribution in [1.82, 2.24) is 4.31 Å². The molecule has 1 aromatic carbocycles. The van der Waals surface area contributed by atoms with E-state index in [1.807, 2.05) is 30.3 Å². The minimum Gasteiger partial charge on any atom is -0.393 e. The van der Waals surface area contributed by atoms with Gasteiger partial charge in [0.25, 0.3) is 0 Å². The third kappa shape index (κ3) is 4.80. The maximum Gasteiger partial charge on any atom is 0.218 e. The van der Waals surface area contributed by atoms with Gasteiger partial charge in [-0.15, -0.1) is 0 Å². The summed E-state index contributed by atoms with van der Waals surface area (Å²) in [6, 6.07) is 9.23. The molecule has 0 amide bonds. The molecule has 118 valence electrons. The lowest BCUT2D eigenvalue weighted by Crippen LogP contribution is -2.42. The molecule has 2 rings (SSSR count). The SMILES string of the molecule is CC(O)CC1CCCCCN1S(=O)(=O)Cc1ccccc1. The van der Waals surface area contributed by atoms with Crippen molar-refractivity contribution in [2.45, 2.75) is 56.9 Å². The molecule has 21 heavy (non-hydrogen) atoms. The van der Waals surface area contributed by atoms with Crippen molar-refractivity contribution < 1.29 is 13.5 Å². The Bertz CT molecular complexity index is 528. The highest BCUT2D eigenvalue weighted by Gasteiger charge is 2.31. The fraction of sp³-hybridized carbons (Fsp3) is 0.625. The number of hydrogen-bond acceptors (Lipinski definition) is 3. The van der Waals surface area contributed by atoms with Crippen LogP contribution in [0.25, 0.3) is 0 Å². The van der Waals surface area contributed by atoms with Crippen molar-refractivity contribution >= 4 is 10.0 Å². The fourth-order valence-electron chi connectivity index (χ4n) is 3.01. The molecular formula is C16H25NO3S. The summed E-state index contributed by atoms with van der Waals surface area (Å²) in [4.78, 5) is 0. The van der Waals surface area contributed by atoms with Crippen molar-refractivity contribution in [3.63, 3.8) is 0 Å². The molecule has 1 heterocycles. The monoisotopic (exact) mass is 311 g/mol. The molecule has 1 aliphatic rings. The third-order valence-corrected chi connectivity index (χ3v) is 5.88. The Balaban J connectivity index is 2.17. The molecule has 0 bridgehead atoms. The molecule has 4 nitrogen and oxygen atoms in total. The van der Waals surface area contributed by atoms with Crippen LogP contribution in [-0.2, 0) is 15.8 Å². The first kappa shape index (κ1) is 16.5. The molecule has 1 N–H and O–H groups in total. The molecular weight excluding hydrogens is 286 g/mol. The topological polar surface area (TPSA) is 57.6 Å². The minimum absolute atomic E-state index is 0.0458. The average molecular weight is 311 g/mol. The van der Waals surface area contributed by atoms with Gasteiger partial charge in [-0.3, -0.25) is 0 Å². The minimum atomic E-state index is -3.33. The van der Waals surface area contributed by atoms with Crippen LogP contribution in [0.4, 0.5) is 0 Å². The second-order valence-corrected chi connectivity index (χ2v) is 7.86. The fourth-order valence-corrected chi connectivity index (χ4v) is 4.85. The lowest BCUT2D eigenvalue weighted by molar-refractivity contribution is 0.147. The summed E-state index contributed by atoms with van der Waals surface area (Å²) < 4.78 is 27.1. The molecule has 2 unspecified atom stereocenters. The number of nitrogens with zero attached hydrogens (tertiary/aromatic N) is 1. The van der Waals surface area contributed by atoms with Gasteiger partial charge >= 0.3 is 0 Å².